The second-order valence-corrected chi connectivity index (χ2v) is 5.85. The maximum Gasteiger partial charge on any atom is 0.319 e. The minimum absolute atomic E-state index is 0.0301. The fraction of sp³-hybridized carbons (Fsp3) is 0.250. The Kier molecular flexibility index (Phi) is 5.55. The molecule has 0 aliphatic rings. The first kappa shape index (κ1) is 16.0. The third kappa shape index (κ3) is 4.60. The molecule has 1 heterocycles. The molecule has 0 saturated carbocycles. The highest BCUT2D eigenvalue weighted by atomic mass is 32.1. The summed E-state index contributed by atoms with van der Waals surface area (Å²) in [6, 6.07) is 9.06. The fourth-order valence-corrected chi connectivity index (χ4v) is 2.52. The van der Waals surface area contributed by atoms with Crippen LogP contribution in [0.5, 0.6) is 0 Å². The van der Waals surface area contributed by atoms with Crippen molar-refractivity contribution in [2.75, 3.05) is 10.6 Å². The number of anilines is 2. The maximum absolute atomic E-state index is 11.8. The zero-order valence-electron chi connectivity index (χ0n) is 12.6. The standard InChI is InChI=1S/C16H19N3O2S/c1-3-15(20)19-14-7-6-12(9-11(14)2)18-16(21)17-10-13-5-4-8-22-13/h4-9H,3,10H2,1-2H3,(H,19,20)(H2,17,18,21). The molecule has 0 saturated heterocycles. The smallest absolute Gasteiger partial charge is 0.319 e. The third-order valence-electron chi connectivity index (χ3n) is 3.08. The predicted octanol–water partition coefficient (Wildman–Crippen LogP) is 3.73. The molecule has 3 amide bonds. The van der Waals surface area contributed by atoms with E-state index in [1.165, 1.54) is 0 Å². The number of rotatable bonds is 5. The number of carbonyl (C=O) groups is 2. The van der Waals surface area contributed by atoms with Gasteiger partial charge in [-0.25, -0.2) is 4.79 Å². The van der Waals surface area contributed by atoms with Crippen LogP contribution in [0.4, 0.5) is 16.2 Å². The Hall–Kier alpha value is -2.34. The Balaban J connectivity index is 1.91. The summed E-state index contributed by atoms with van der Waals surface area (Å²) >= 11 is 1.60. The van der Waals surface area contributed by atoms with E-state index in [4.69, 9.17) is 0 Å². The molecule has 0 aliphatic heterocycles. The lowest BCUT2D eigenvalue weighted by molar-refractivity contribution is -0.115. The van der Waals surface area contributed by atoms with Crippen molar-refractivity contribution in [2.45, 2.75) is 26.8 Å². The lowest BCUT2D eigenvalue weighted by Gasteiger charge is -2.11. The Labute approximate surface area is 133 Å². The Morgan fingerprint density at radius 3 is 2.64 bits per heavy atom. The van der Waals surface area contributed by atoms with Crippen LogP contribution in [0, 0.1) is 6.92 Å². The first-order valence-electron chi connectivity index (χ1n) is 7.06. The molecule has 0 radical (unpaired) electrons. The van der Waals surface area contributed by atoms with Crippen LogP contribution < -0.4 is 16.0 Å². The average molecular weight is 317 g/mol. The van der Waals surface area contributed by atoms with Crippen LogP contribution in [-0.2, 0) is 11.3 Å². The van der Waals surface area contributed by atoms with Gasteiger partial charge in [-0.3, -0.25) is 4.79 Å². The molecular formula is C16H19N3O2S. The van der Waals surface area contributed by atoms with Crippen molar-refractivity contribution in [3.8, 4) is 0 Å². The van der Waals surface area contributed by atoms with Crippen LogP contribution in [0.3, 0.4) is 0 Å². The quantitative estimate of drug-likeness (QED) is 0.786. The number of hydrogen-bond donors (Lipinski definition) is 3. The Bertz CT molecular complexity index is 653. The van der Waals surface area contributed by atoms with Gasteiger partial charge in [0.2, 0.25) is 5.91 Å². The minimum atomic E-state index is -0.252. The molecule has 2 rings (SSSR count). The number of hydrogen-bond acceptors (Lipinski definition) is 3. The van der Waals surface area contributed by atoms with Gasteiger partial charge in [0.15, 0.2) is 0 Å². The lowest BCUT2D eigenvalue weighted by Crippen LogP contribution is -2.27. The van der Waals surface area contributed by atoms with Gasteiger partial charge >= 0.3 is 6.03 Å². The van der Waals surface area contributed by atoms with Gasteiger partial charge in [0.05, 0.1) is 6.54 Å². The van der Waals surface area contributed by atoms with Crippen molar-refractivity contribution in [2.24, 2.45) is 0 Å². The highest BCUT2D eigenvalue weighted by Crippen LogP contribution is 2.20. The normalized spacial score (nSPS) is 10.1. The van der Waals surface area contributed by atoms with Gasteiger partial charge < -0.3 is 16.0 Å². The summed E-state index contributed by atoms with van der Waals surface area (Å²) in [5, 5.41) is 10.4. The van der Waals surface area contributed by atoms with E-state index in [1.54, 1.807) is 30.4 Å². The van der Waals surface area contributed by atoms with Gasteiger partial charge in [-0.05, 0) is 42.1 Å². The third-order valence-corrected chi connectivity index (χ3v) is 3.96. The number of urea groups is 1. The van der Waals surface area contributed by atoms with Crippen molar-refractivity contribution in [1.29, 1.82) is 0 Å². The van der Waals surface area contributed by atoms with E-state index < -0.39 is 0 Å². The van der Waals surface area contributed by atoms with Crippen LogP contribution in [0.15, 0.2) is 35.7 Å². The molecule has 0 unspecified atom stereocenters. The van der Waals surface area contributed by atoms with Gasteiger partial charge in [-0.15, -0.1) is 11.3 Å². The highest BCUT2D eigenvalue weighted by molar-refractivity contribution is 7.09. The molecule has 5 nitrogen and oxygen atoms in total. The SMILES string of the molecule is CCC(=O)Nc1ccc(NC(=O)NCc2cccs2)cc1C. The number of benzene rings is 1. The van der Waals surface area contributed by atoms with Gasteiger partial charge in [0.25, 0.3) is 0 Å². The summed E-state index contributed by atoms with van der Waals surface area (Å²) in [5.74, 6) is -0.0301. The van der Waals surface area contributed by atoms with Crippen LogP contribution in [0.1, 0.15) is 23.8 Å². The van der Waals surface area contributed by atoms with Crippen molar-refractivity contribution in [3.63, 3.8) is 0 Å². The summed E-state index contributed by atoms with van der Waals surface area (Å²) in [5.41, 5.74) is 2.35. The Morgan fingerprint density at radius 2 is 2.00 bits per heavy atom. The number of aryl methyl sites for hydroxylation is 1. The molecule has 0 spiro atoms. The van der Waals surface area contributed by atoms with E-state index >= 15 is 0 Å². The molecule has 0 fully saturated rings. The van der Waals surface area contributed by atoms with E-state index in [0.717, 1.165) is 16.1 Å². The first-order chi connectivity index (χ1) is 10.6. The molecule has 116 valence electrons. The molecule has 6 heteroatoms. The van der Waals surface area contributed by atoms with Crippen molar-refractivity contribution >= 4 is 34.6 Å². The topological polar surface area (TPSA) is 70.2 Å². The molecule has 0 bridgehead atoms. The summed E-state index contributed by atoms with van der Waals surface area (Å²) in [6.45, 7) is 4.20. The number of carbonyl (C=O) groups excluding carboxylic acids is 2. The largest absolute Gasteiger partial charge is 0.333 e. The van der Waals surface area contributed by atoms with E-state index in [9.17, 15) is 9.59 Å². The van der Waals surface area contributed by atoms with Gasteiger partial charge in [0.1, 0.15) is 0 Å². The van der Waals surface area contributed by atoms with E-state index in [0.29, 0.717) is 18.7 Å². The molecule has 22 heavy (non-hydrogen) atoms. The molecule has 0 atom stereocenters. The van der Waals surface area contributed by atoms with Crippen LogP contribution in [0.25, 0.3) is 0 Å². The maximum atomic E-state index is 11.8. The first-order valence-corrected chi connectivity index (χ1v) is 7.94. The zero-order valence-corrected chi connectivity index (χ0v) is 13.4. The summed E-state index contributed by atoms with van der Waals surface area (Å²) < 4.78 is 0. The molecule has 2 aromatic rings. The van der Waals surface area contributed by atoms with Crippen LogP contribution >= 0.6 is 11.3 Å². The van der Waals surface area contributed by atoms with E-state index in [-0.39, 0.29) is 11.9 Å². The van der Waals surface area contributed by atoms with Crippen molar-refractivity contribution < 1.29 is 9.59 Å². The summed E-state index contributed by atoms with van der Waals surface area (Å²) in [7, 11) is 0. The second kappa shape index (κ2) is 7.61. The van der Waals surface area contributed by atoms with Gasteiger partial charge in [-0.2, -0.15) is 0 Å². The number of amides is 3. The minimum Gasteiger partial charge on any atom is -0.333 e. The van der Waals surface area contributed by atoms with Crippen LogP contribution in [0.2, 0.25) is 0 Å². The van der Waals surface area contributed by atoms with E-state index in [1.807, 2.05) is 30.5 Å². The Morgan fingerprint density at radius 1 is 1.18 bits per heavy atom. The number of thiophene rings is 1. The molecule has 1 aromatic heterocycles. The second-order valence-electron chi connectivity index (χ2n) is 4.82. The molecule has 3 N–H and O–H groups in total. The summed E-state index contributed by atoms with van der Waals surface area (Å²) in [6.07, 6.45) is 0.435. The van der Waals surface area contributed by atoms with Gasteiger partial charge in [0, 0.05) is 22.7 Å². The zero-order chi connectivity index (χ0) is 15.9. The summed E-state index contributed by atoms with van der Waals surface area (Å²) in [4.78, 5) is 24.3. The highest BCUT2D eigenvalue weighted by Gasteiger charge is 2.06. The van der Waals surface area contributed by atoms with Crippen molar-refractivity contribution in [1.82, 2.24) is 5.32 Å². The van der Waals surface area contributed by atoms with Gasteiger partial charge in [-0.1, -0.05) is 13.0 Å². The number of nitrogens with one attached hydrogen (secondary N) is 3. The fourth-order valence-electron chi connectivity index (χ4n) is 1.88. The average Bonchev–Trinajstić information content (AvgIpc) is 3.01. The predicted molar refractivity (Wildman–Crippen MR) is 90.3 cm³/mol. The molecular weight excluding hydrogens is 298 g/mol. The lowest BCUT2D eigenvalue weighted by atomic mass is 10.1. The molecule has 0 aliphatic carbocycles. The van der Waals surface area contributed by atoms with Crippen LogP contribution in [-0.4, -0.2) is 11.9 Å². The molecule has 1 aromatic carbocycles. The van der Waals surface area contributed by atoms with E-state index in [2.05, 4.69) is 16.0 Å². The monoisotopic (exact) mass is 317 g/mol. The van der Waals surface area contributed by atoms with Crippen molar-refractivity contribution in [3.05, 3.63) is 46.2 Å².